The summed E-state index contributed by atoms with van der Waals surface area (Å²) in [7, 11) is 1.50. The lowest BCUT2D eigenvalue weighted by Crippen LogP contribution is -2.39. The predicted octanol–water partition coefficient (Wildman–Crippen LogP) is 4.10. The van der Waals surface area contributed by atoms with Crippen molar-refractivity contribution in [2.45, 2.75) is 32.4 Å². The van der Waals surface area contributed by atoms with Crippen molar-refractivity contribution < 1.29 is 14.4 Å². The van der Waals surface area contributed by atoms with E-state index >= 15 is 0 Å². The first-order chi connectivity index (χ1) is 18.9. The maximum atomic E-state index is 12.0. The van der Waals surface area contributed by atoms with Crippen molar-refractivity contribution in [3.63, 3.8) is 0 Å². The van der Waals surface area contributed by atoms with Gasteiger partial charge >= 0.3 is 0 Å². The number of pyridine rings is 1. The normalized spacial score (nSPS) is 19.8. The van der Waals surface area contributed by atoms with Crippen LogP contribution in [0.5, 0.6) is 5.75 Å². The molecule has 0 bridgehead atoms. The second-order valence-electron chi connectivity index (χ2n) is 9.90. The Hall–Kier alpha value is -3.54. The molecule has 0 radical (unpaired) electrons. The Bertz CT molecular complexity index is 1340. The maximum absolute atomic E-state index is 12.0. The Labute approximate surface area is 233 Å². The van der Waals surface area contributed by atoms with E-state index in [0.717, 1.165) is 68.5 Å². The average Bonchev–Trinajstić information content (AvgIpc) is 3.43. The fraction of sp³-hybridized carbons (Fsp3) is 0.429. The Morgan fingerprint density at radius 3 is 2.67 bits per heavy atom. The molecule has 2 aromatic heterocycles. The van der Waals surface area contributed by atoms with E-state index in [2.05, 4.69) is 26.2 Å². The number of nitro groups is 1. The largest absolute Gasteiger partial charge is 0.496 e. The van der Waals surface area contributed by atoms with Crippen molar-refractivity contribution in [3.05, 3.63) is 81.4 Å². The highest BCUT2D eigenvalue weighted by atomic mass is 32.1. The van der Waals surface area contributed by atoms with Gasteiger partial charge in [0.05, 0.1) is 49.1 Å². The van der Waals surface area contributed by atoms with Gasteiger partial charge in [-0.25, -0.2) is 0 Å². The van der Waals surface area contributed by atoms with Crippen molar-refractivity contribution in [3.8, 4) is 11.4 Å². The molecule has 1 N–H and O–H groups in total. The summed E-state index contributed by atoms with van der Waals surface area (Å²) < 4.78 is 12.7. The molecule has 2 aliphatic heterocycles. The predicted molar refractivity (Wildman–Crippen MR) is 152 cm³/mol. The van der Waals surface area contributed by atoms with E-state index in [4.69, 9.17) is 21.7 Å². The van der Waals surface area contributed by atoms with E-state index in [9.17, 15) is 10.1 Å². The standard InChI is InChI=1S/C28H34N6O4S/c1-19-17-22(20(2)33(19)24-9-8-21(37-3)18-25(24)34(35)36)27-26(23-7-4-5-10-29-23)30-28(39)32(27)12-6-11-31-13-15-38-16-14-31/h4-5,7-10,17-18,26-27H,6,11-16H2,1-3H3,(H,30,39)/t26-,27-/m1/s1. The van der Waals surface area contributed by atoms with Gasteiger partial charge in [0.2, 0.25) is 0 Å². The van der Waals surface area contributed by atoms with Gasteiger partial charge in [0.1, 0.15) is 11.4 Å². The van der Waals surface area contributed by atoms with Crippen LogP contribution in [-0.2, 0) is 4.74 Å². The molecule has 10 nitrogen and oxygen atoms in total. The fourth-order valence-electron chi connectivity index (χ4n) is 5.70. The molecule has 2 aliphatic rings. The highest BCUT2D eigenvalue weighted by Crippen LogP contribution is 2.42. The minimum Gasteiger partial charge on any atom is -0.496 e. The minimum absolute atomic E-state index is 0.00795. The second kappa shape index (κ2) is 11.7. The van der Waals surface area contributed by atoms with Crippen LogP contribution in [0, 0.1) is 24.0 Å². The summed E-state index contributed by atoms with van der Waals surface area (Å²) >= 11 is 5.87. The first-order valence-electron chi connectivity index (χ1n) is 13.2. The molecule has 2 atom stereocenters. The molecule has 2 saturated heterocycles. The average molecular weight is 551 g/mol. The van der Waals surface area contributed by atoms with E-state index in [1.54, 1.807) is 18.3 Å². The van der Waals surface area contributed by atoms with Gasteiger partial charge in [0.25, 0.3) is 5.69 Å². The number of nitrogens with zero attached hydrogens (tertiary/aromatic N) is 5. The zero-order valence-corrected chi connectivity index (χ0v) is 23.3. The quantitative estimate of drug-likeness (QED) is 0.240. The number of benzene rings is 1. The van der Waals surface area contributed by atoms with E-state index in [0.29, 0.717) is 16.5 Å². The van der Waals surface area contributed by atoms with Crippen LogP contribution in [0.1, 0.15) is 41.1 Å². The number of aromatic nitrogens is 2. The number of nitro benzene ring substituents is 1. The summed E-state index contributed by atoms with van der Waals surface area (Å²) in [6, 6.07) is 12.7. The molecular weight excluding hydrogens is 516 g/mol. The summed E-state index contributed by atoms with van der Waals surface area (Å²) in [5.41, 5.74) is 4.29. The SMILES string of the molecule is COc1ccc(-n2c(C)cc([C@@H]3[C@@H](c4ccccn4)NC(=S)N3CCCN3CCOCC3)c2C)c([N+](=O)[O-])c1. The number of hydrogen-bond donors (Lipinski definition) is 1. The van der Waals surface area contributed by atoms with Gasteiger partial charge in [0, 0.05) is 43.8 Å². The fourth-order valence-corrected chi connectivity index (χ4v) is 6.03. The summed E-state index contributed by atoms with van der Waals surface area (Å²) in [5, 5.41) is 16.2. The molecule has 5 rings (SSSR count). The first kappa shape index (κ1) is 27.0. The van der Waals surface area contributed by atoms with E-state index < -0.39 is 0 Å². The van der Waals surface area contributed by atoms with Gasteiger partial charge in [0.15, 0.2) is 5.11 Å². The van der Waals surface area contributed by atoms with Crippen molar-refractivity contribution >= 4 is 23.0 Å². The lowest BCUT2D eigenvalue weighted by Gasteiger charge is -2.30. The maximum Gasteiger partial charge on any atom is 0.296 e. The number of morpholine rings is 1. The highest BCUT2D eigenvalue weighted by Gasteiger charge is 2.41. The Morgan fingerprint density at radius 1 is 1.18 bits per heavy atom. The minimum atomic E-state index is -0.364. The van der Waals surface area contributed by atoms with Crippen molar-refractivity contribution in [1.29, 1.82) is 0 Å². The molecule has 206 valence electrons. The molecule has 39 heavy (non-hydrogen) atoms. The Morgan fingerprint density at radius 2 is 1.97 bits per heavy atom. The number of rotatable bonds is 9. The molecule has 0 spiro atoms. The van der Waals surface area contributed by atoms with E-state index in [-0.39, 0.29) is 22.7 Å². The number of aryl methyl sites for hydroxylation is 1. The third-order valence-corrected chi connectivity index (χ3v) is 7.94. The molecule has 3 aromatic rings. The number of hydrogen-bond acceptors (Lipinski definition) is 7. The number of methoxy groups -OCH3 is 1. The van der Waals surface area contributed by atoms with Crippen LogP contribution in [0.4, 0.5) is 5.69 Å². The van der Waals surface area contributed by atoms with Crippen LogP contribution in [0.25, 0.3) is 5.69 Å². The van der Waals surface area contributed by atoms with Crippen LogP contribution in [-0.4, -0.2) is 75.9 Å². The Kier molecular flexibility index (Phi) is 8.10. The van der Waals surface area contributed by atoms with Gasteiger partial charge in [-0.1, -0.05) is 6.07 Å². The van der Waals surface area contributed by atoms with Crippen LogP contribution in [0.3, 0.4) is 0 Å². The van der Waals surface area contributed by atoms with Crippen LogP contribution in [0.15, 0.2) is 48.7 Å². The molecule has 0 amide bonds. The van der Waals surface area contributed by atoms with Crippen LogP contribution in [0.2, 0.25) is 0 Å². The molecule has 4 heterocycles. The number of ether oxygens (including phenoxy) is 2. The van der Waals surface area contributed by atoms with E-state index in [1.165, 1.54) is 13.2 Å². The summed E-state index contributed by atoms with van der Waals surface area (Å²) in [6.07, 6.45) is 2.75. The molecule has 0 aliphatic carbocycles. The lowest BCUT2D eigenvalue weighted by atomic mass is 9.96. The van der Waals surface area contributed by atoms with Crippen molar-refractivity contribution in [2.75, 3.05) is 46.5 Å². The van der Waals surface area contributed by atoms with Gasteiger partial charge in [-0.15, -0.1) is 0 Å². The molecule has 0 unspecified atom stereocenters. The third kappa shape index (κ3) is 5.47. The van der Waals surface area contributed by atoms with Crippen molar-refractivity contribution in [2.24, 2.45) is 0 Å². The summed E-state index contributed by atoms with van der Waals surface area (Å²) in [4.78, 5) is 21.0. The van der Waals surface area contributed by atoms with Crippen LogP contribution < -0.4 is 10.1 Å². The highest BCUT2D eigenvalue weighted by molar-refractivity contribution is 7.80. The molecule has 1 aromatic carbocycles. The van der Waals surface area contributed by atoms with E-state index in [1.807, 2.05) is 36.6 Å². The van der Waals surface area contributed by atoms with Gasteiger partial charge < -0.3 is 24.3 Å². The van der Waals surface area contributed by atoms with Crippen LogP contribution >= 0.6 is 12.2 Å². The number of nitrogens with one attached hydrogen (secondary N) is 1. The second-order valence-corrected chi connectivity index (χ2v) is 10.3. The number of thiocarbonyl (C=S) groups is 1. The van der Waals surface area contributed by atoms with Crippen molar-refractivity contribution in [1.82, 2.24) is 24.7 Å². The lowest BCUT2D eigenvalue weighted by molar-refractivity contribution is -0.384. The van der Waals surface area contributed by atoms with Gasteiger partial charge in [-0.05, 0) is 68.4 Å². The zero-order chi connectivity index (χ0) is 27.5. The van der Waals surface area contributed by atoms with Gasteiger partial charge in [-0.3, -0.25) is 20.0 Å². The molecular formula is C28H34N6O4S. The first-order valence-corrected chi connectivity index (χ1v) is 13.6. The van der Waals surface area contributed by atoms with Gasteiger partial charge in [-0.2, -0.15) is 0 Å². The Balaban J connectivity index is 1.52. The molecule has 0 saturated carbocycles. The molecule has 2 fully saturated rings. The smallest absolute Gasteiger partial charge is 0.296 e. The topological polar surface area (TPSA) is 97.9 Å². The molecule has 11 heteroatoms. The summed E-state index contributed by atoms with van der Waals surface area (Å²) in [5.74, 6) is 0.445. The zero-order valence-electron chi connectivity index (χ0n) is 22.5. The summed E-state index contributed by atoms with van der Waals surface area (Å²) in [6.45, 7) is 9.19. The third-order valence-electron chi connectivity index (χ3n) is 7.58. The monoisotopic (exact) mass is 550 g/mol.